The van der Waals surface area contributed by atoms with Crippen molar-refractivity contribution in [3.8, 4) is 0 Å². The highest BCUT2D eigenvalue weighted by Gasteiger charge is 2.49. The number of piperidine rings is 1. The Morgan fingerprint density at radius 3 is 2.61 bits per heavy atom. The van der Waals surface area contributed by atoms with Gasteiger partial charge >= 0.3 is 0 Å². The van der Waals surface area contributed by atoms with Crippen molar-refractivity contribution >= 4 is 5.91 Å². The first-order valence-corrected chi connectivity index (χ1v) is 6.51. The van der Waals surface area contributed by atoms with Gasteiger partial charge in [0.1, 0.15) is 6.10 Å². The van der Waals surface area contributed by atoms with Crippen LogP contribution in [0.15, 0.2) is 0 Å². The summed E-state index contributed by atoms with van der Waals surface area (Å²) in [6, 6.07) is -0.810. The summed E-state index contributed by atoms with van der Waals surface area (Å²) >= 11 is 0. The maximum atomic E-state index is 11.7. The summed E-state index contributed by atoms with van der Waals surface area (Å²) in [5, 5.41) is 30.0. The van der Waals surface area contributed by atoms with E-state index in [0.29, 0.717) is 25.9 Å². The molecule has 0 bridgehead atoms. The van der Waals surface area contributed by atoms with Crippen LogP contribution in [0.3, 0.4) is 0 Å². The number of nitrogens with zero attached hydrogens (tertiary/aromatic N) is 2. The predicted molar refractivity (Wildman–Crippen MR) is 64.8 cm³/mol. The molecule has 2 heterocycles. The lowest BCUT2D eigenvalue weighted by Gasteiger charge is -2.45. The van der Waals surface area contributed by atoms with Crippen LogP contribution in [-0.2, 0) is 4.79 Å². The molecule has 104 valence electrons. The molecule has 0 radical (unpaired) electrons. The summed E-state index contributed by atoms with van der Waals surface area (Å²) in [6.07, 6.45) is -1.62. The number of hydrogen-bond acceptors (Lipinski definition) is 5. The van der Waals surface area contributed by atoms with Crippen LogP contribution in [0.5, 0.6) is 0 Å². The molecule has 6 nitrogen and oxygen atoms in total. The van der Waals surface area contributed by atoms with Crippen molar-refractivity contribution in [2.75, 3.05) is 20.1 Å². The van der Waals surface area contributed by atoms with Crippen LogP contribution < -0.4 is 0 Å². The first-order chi connectivity index (χ1) is 8.47. The first kappa shape index (κ1) is 13.7. The van der Waals surface area contributed by atoms with Crippen molar-refractivity contribution in [2.24, 2.45) is 0 Å². The monoisotopic (exact) mass is 258 g/mol. The number of amides is 1. The third-order valence-corrected chi connectivity index (χ3v) is 4.24. The van der Waals surface area contributed by atoms with Gasteiger partial charge in [-0.2, -0.15) is 0 Å². The van der Waals surface area contributed by atoms with E-state index < -0.39 is 30.4 Å². The van der Waals surface area contributed by atoms with Crippen molar-refractivity contribution in [3.63, 3.8) is 0 Å². The zero-order valence-corrected chi connectivity index (χ0v) is 10.9. The zero-order valence-electron chi connectivity index (χ0n) is 10.9. The molecule has 0 spiro atoms. The first-order valence-electron chi connectivity index (χ1n) is 6.51. The average molecular weight is 258 g/mol. The van der Waals surface area contributed by atoms with Crippen molar-refractivity contribution in [2.45, 2.75) is 50.2 Å². The largest absolute Gasteiger partial charge is 0.391 e. The molecule has 5 atom stereocenters. The molecule has 0 aromatic carbocycles. The second-order valence-electron chi connectivity index (χ2n) is 5.25. The van der Waals surface area contributed by atoms with Gasteiger partial charge in [0.05, 0.1) is 24.3 Å². The van der Waals surface area contributed by atoms with Gasteiger partial charge in [-0.15, -0.1) is 0 Å². The molecule has 6 heteroatoms. The quantitative estimate of drug-likeness (QED) is 0.555. The van der Waals surface area contributed by atoms with Crippen LogP contribution in [0.25, 0.3) is 0 Å². The van der Waals surface area contributed by atoms with Gasteiger partial charge in [0.25, 0.3) is 0 Å². The Morgan fingerprint density at radius 2 is 2.00 bits per heavy atom. The van der Waals surface area contributed by atoms with Crippen LogP contribution in [-0.4, -0.2) is 81.6 Å². The smallest absolute Gasteiger partial charge is 0.222 e. The van der Waals surface area contributed by atoms with E-state index in [2.05, 4.69) is 0 Å². The second-order valence-corrected chi connectivity index (χ2v) is 5.25. The summed E-state index contributed by atoms with van der Waals surface area (Å²) in [4.78, 5) is 15.2. The maximum absolute atomic E-state index is 11.7. The summed E-state index contributed by atoms with van der Waals surface area (Å²) in [5.41, 5.74) is 0. The summed E-state index contributed by atoms with van der Waals surface area (Å²) in [6.45, 7) is 2.97. The number of hydrogen-bond donors (Lipinski definition) is 3. The van der Waals surface area contributed by atoms with Gasteiger partial charge in [0.2, 0.25) is 5.91 Å². The Morgan fingerprint density at radius 1 is 1.33 bits per heavy atom. The normalized spacial score (nSPS) is 40.6. The Bertz CT molecular complexity index is 325. The molecule has 0 saturated carbocycles. The SMILES string of the molecule is CCC(=O)N(C)[C@H]1CN2CC[C@H](O)C2[C@@H](O)[C@@H]1O. The Hall–Kier alpha value is -0.690. The number of carbonyl (C=O) groups excluding carboxylic acids is 1. The minimum Gasteiger partial charge on any atom is -0.391 e. The number of fused-ring (bicyclic) bond motifs is 1. The predicted octanol–water partition coefficient (Wildman–Crippen LogP) is -1.61. The van der Waals surface area contributed by atoms with E-state index in [0.717, 1.165) is 0 Å². The molecule has 0 aliphatic carbocycles. The molecule has 0 aromatic heterocycles. The average Bonchev–Trinajstić information content (AvgIpc) is 2.73. The fourth-order valence-corrected chi connectivity index (χ4v) is 3.08. The molecule has 0 aromatic rings. The van der Waals surface area contributed by atoms with Crippen LogP contribution >= 0.6 is 0 Å². The highest BCUT2D eigenvalue weighted by atomic mass is 16.3. The van der Waals surface area contributed by atoms with Gasteiger partial charge in [0.15, 0.2) is 0 Å². The standard InChI is InChI=1S/C12H22N2O4/c1-3-9(16)13(2)7-6-14-5-4-8(15)10(14)12(18)11(7)17/h7-8,10-12,15,17-18H,3-6H2,1-2H3/t7-,8-,10?,11+,12+/m0/s1. The Labute approximate surface area is 107 Å². The number of carbonyl (C=O) groups is 1. The summed E-state index contributed by atoms with van der Waals surface area (Å²) in [7, 11) is 1.65. The van der Waals surface area contributed by atoms with E-state index in [4.69, 9.17) is 0 Å². The highest BCUT2D eigenvalue weighted by molar-refractivity contribution is 5.76. The molecule has 1 unspecified atom stereocenters. The van der Waals surface area contributed by atoms with Gasteiger partial charge in [-0.1, -0.05) is 6.92 Å². The van der Waals surface area contributed by atoms with E-state index in [9.17, 15) is 20.1 Å². The van der Waals surface area contributed by atoms with Gasteiger partial charge in [-0.25, -0.2) is 0 Å². The van der Waals surface area contributed by atoms with Gasteiger partial charge in [-0.3, -0.25) is 9.69 Å². The van der Waals surface area contributed by atoms with E-state index in [1.165, 1.54) is 4.90 Å². The minimum absolute atomic E-state index is 0.0514. The number of rotatable bonds is 2. The van der Waals surface area contributed by atoms with E-state index in [1.54, 1.807) is 14.0 Å². The van der Waals surface area contributed by atoms with E-state index in [1.807, 2.05) is 4.90 Å². The Kier molecular flexibility index (Phi) is 3.91. The summed E-state index contributed by atoms with van der Waals surface area (Å²) in [5.74, 6) is -0.0514. The topological polar surface area (TPSA) is 84.2 Å². The van der Waals surface area contributed by atoms with Crippen molar-refractivity contribution in [3.05, 3.63) is 0 Å². The fourth-order valence-electron chi connectivity index (χ4n) is 3.08. The Balaban J connectivity index is 2.13. The van der Waals surface area contributed by atoms with Crippen LogP contribution in [0.1, 0.15) is 19.8 Å². The lowest BCUT2D eigenvalue weighted by molar-refractivity contribution is -0.148. The molecule has 2 aliphatic heterocycles. The third kappa shape index (κ3) is 2.14. The molecular weight excluding hydrogens is 236 g/mol. The molecule has 1 amide bonds. The van der Waals surface area contributed by atoms with Crippen LogP contribution in [0.4, 0.5) is 0 Å². The highest BCUT2D eigenvalue weighted by Crippen LogP contribution is 2.29. The summed E-state index contributed by atoms with van der Waals surface area (Å²) < 4.78 is 0. The lowest BCUT2D eigenvalue weighted by atomic mass is 9.90. The van der Waals surface area contributed by atoms with Crippen LogP contribution in [0.2, 0.25) is 0 Å². The van der Waals surface area contributed by atoms with Crippen molar-refractivity contribution in [1.29, 1.82) is 0 Å². The third-order valence-electron chi connectivity index (χ3n) is 4.24. The molecular formula is C12H22N2O4. The molecule has 3 N–H and O–H groups in total. The minimum atomic E-state index is -1.01. The number of likely N-dealkylation sites (N-methyl/N-ethyl adjacent to an activating group) is 1. The second kappa shape index (κ2) is 5.13. The number of aliphatic hydroxyl groups excluding tert-OH is 3. The van der Waals surface area contributed by atoms with Gasteiger partial charge < -0.3 is 20.2 Å². The van der Waals surface area contributed by atoms with E-state index >= 15 is 0 Å². The molecule has 2 saturated heterocycles. The zero-order chi connectivity index (χ0) is 13.4. The van der Waals surface area contributed by atoms with Crippen molar-refractivity contribution < 1.29 is 20.1 Å². The molecule has 2 rings (SSSR count). The maximum Gasteiger partial charge on any atom is 0.222 e. The molecule has 18 heavy (non-hydrogen) atoms. The molecule has 2 aliphatic rings. The number of aliphatic hydroxyl groups is 3. The van der Waals surface area contributed by atoms with Crippen molar-refractivity contribution in [1.82, 2.24) is 9.80 Å². The lowest BCUT2D eigenvalue weighted by Crippen LogP contribution is -2.65. The van der Waals surface area contributed by atoms with Crippen LogP contribution in [0, 0.1) is 0 Å². The van der Waals surface area contributed by atoms with E-state index in [-0.39, 0.29) is 5.91 Å². The fraction of sp³-hybridized carbons (Fsp3) is 0.917. The van der Waals surface area contributed by atoms with Gasteiger partial charge in [0, 0.05) is 26.6 Å². The van der Waals surface area contributed by atoms with Gasteiger partial charge in [-0.05, 0) is 6.42 Å². The molecule has 2 fully saturated rings.